The zero-order chi connectivity index (χ0) is 13.7. The molecule has 1 heterocycles. The molecule has 0 N–H and O–H groups in total. The van der Waals surface area contributed by atoms with Gasteiger partial charge in [-0.3, -0.25) is 4.79 Å². The number of benzene rings is 1. The minimum atomic E-state index is -0.273. The summed E-state index contributed by atoms with van der Waals surface area (Å²) in [6.07, 6.45) is 0.595. The third-order valence-corrected chi connectivity index (χ3v) is 2.63. The number of esters is 1. The van der Waals surface area contributed by atoms with Crippen LogP contribution >= 0.6 is 24.0 Å². The molecule has 0 aliphatic rings. The van der Waals surface area contributed by atoms with Gasteiger partial charge in [0.2, 0.25) is 11.7 Å². The molecule has 0 fully saturated rings. The lowest BCUT2D eigenvalue weighted by Crippen LogP contribution is -2.05. The molecule has 0 amide bonds. The highest BCUT2D eigenvalue weighted by Crippen LogP contribution is 2.20. The quantitative estimate of drug-likeness (QED) is 0.792. The number of nitrogens with zero attached hydrogens (tertiary/aromatic N) is 2. The molecule has 2 aromatic rings. The molecule has 0 bridgehead atoms. The number of ether oxygens (including phenoxy) is 1. The molecule has 108 valence electrons. The Morgan fingerprint density at radius 2 is 2.25 bits per heavy atom. The lowest BCUT2D eigenvalue weighted by molar-refractivity contribution is -0.143. The van der Waals surface area contributed by atoms with Gasteiger partial charge >= 0.3 is 5.97 Å². The average molecular weight is 317 g/mol. The van der Waals surface area contributed by atoms with Crippen LogP contribution in [-0.2, 0) is 16.0 Å². The van der Waals surface area contributed by atoms with Crippen molar-refractivity contribution >= 4 is 30.0 Å². The maximum atomic E-state index is 11.2. The van der Waals surface area contributed by atoms with Crippen molar-refractivity contribution in [3.8, 4) is 11.4 Å². The summed E-state index contributed by atoms with van der Waals surface area (Å²) in [5.74, 6) is 0.592. The highest BCUT2D eigenvalue weighted by molar-refractivity contribution is 6.30. The first-order valence-electron chi connectivity index (χ1n) is 5.93. The number of rotatable bonds is 5. The fraction of sp³-hybridized carbons (Fsp3) is 0.308. The molecular weight excluding hydrogens is 303 g/mol. The van der Waals surface area contributed by atoms with Crippen LogP contribution < -0.4 is 0 Å². The van der Waals surface area contributed by atoms with Crippen LogP contribution in [-0.4, -0.2) is 22.7 Å². The number of carbonyl (C=O) groups excluding carboxylic acids is 1. The van der Waals surface area contributed by atoms with Crippen molar-refractivity contribution in [2.24, 2.45) is 0 Å². The van der Waals surface area contributed by atoms with E-state index >= 15 is 0 Å². The molecule has 7 heteroatoms. The van der Waals surface area contributed by atoms with Gasteiger partial charge in [-0.25, -0.2) is 0 Å². The summed E-state index contributed by atoms with van der Waals surface area (Å²) in [4.78, 5) is 15.4. The molecule has 0 aliphatic heterocycles. The van der Waals surface area contributed by atoms with Crippen LogP contribution in [0.15, 0.2) is 28.8 Å². The summed E-state index contributed by atoms with van der Waals surface area (Å²) in [6.45, 7) is 2.14. The van der Waals surface area contributed by atoms with Crippen molar-refractivity contribution in [3.63, 3.8) is 0 Å². The third-order valence-electron chi connectivity index (χ3n) is 2.40. The summed E-state index contributed by atoms with van der Waals surface area (Å²) >= 11 is 5.89. The lowest BCUT2D eigenvalue weighted by atomic mass is 10.2. The summed E-state index contributed by atoms with van der Waals surface area (Å²) in [5, 5.41) is 4.46. The maximum Gasteiger partial charge on any atom is 0.306 e. The van der Waals surface area contributed by atoms with E-state index in [0.29, 0.717) is 29.8 Å². The van der Waals surface area contributed by atoms with Crippen LogP contribution in [0.3, 0.4) is 0 Å². The molecule has 0 atom stereocenters. The highest BCUT2D eigenvalue weighted by atomic mass is 35.5. The Morgan fingerprint density at radius 1 is 1.45 bits per heavy atom. The molecule has 1 aromatic carbocycles. The fourth-order valence-corrected chi connectivity index (χ4v) is 1.73. The van der Waals surface area contributed by atoms with Crippen LogP contribution in [0.2, 0.25) is 5.02 Å². The van der Waals surface area contributed by atoms with Crippen LogP contribution in [0.1, 0.15) is 19.2 Å². The minimum absolute atomic E-state index is 0. The minimum Gasteiger partial charge on any atom is -0.466 e. The second-order valence-electron chi connectivity index (χ2n) is 3.83. The summed E-state index contributed by atoms with van der Waals surface area (Å²) in [5.41, 5.74) is 0.777. The smallest absolute Gasteiger partial charge is 0.306 e. The molecule has 0 aliphatic carbocycles. The Bertz CT molecular complexity index is 572. The monoisotopic (exact) mass is 316 g/mol. The second-order valence-corrected chi connectivity index (χ2v) is 4.26. The van der Waals surface area contributed by atoms with Crippen molar-refractivity contribution in [1.29, 1.82) is 0 Å². The highest BCUT2D eigenvalue weighted by Gasteiger charge is 2.11. The Labute approximate surface area is 127 Å². The number of halogens is 2. The van der Waals surface area contributed by atoms with Gasteiger partial charge in [0.05, 0.1) is 13.0 Å². The largest absolute Gasteiger partial charge is 0.466 e. The van der Waals surface area contributed by atoms with E-state index in [1.807, 2.05) is 12.1 Å². The fourth-order valence-electron chi connectivity index (χ4n) is 1.54. The summed E-state index contributed by atoms with van der Waals surface area (Å²) in [7, 11) is 0. The van der Waals surface area contributed by atoms with E-state index in [2.05, 4.69) is 10.1 Å². The predicted molar refractivity (Wildman–Crippen MR) is 76.9 cm³/mol. The zero-order valence-electron chi connectivity index (χ0n) is 10.8. The molecule has 1 aromatic heterocycles. The third kappa shape index (κ3) is 4.51. The Balaban J connectivity index is 0.00000200. The van der Waals surface area contributed by atoms with E-state index in [0.717, 1.165) is 5.56 Å². The molecular formula is C13H14Cl2N2O3. The molecule has 2 rings (SSSR count). The molecule has 0 saturated heterocycles. The first kappa shape index (κ1) is 16.5. The van der Waals surface area contributed by atoms with Gasteiger partial charge in [0, 0.05) is 17.0 Å². The van der Waals surface area contributed by atoms with Gasteiger partial charge in [0.15, 0.2) is 0 Å². The standard InChI is InChI=1S/C13H13ClN2O3.ClH/c1-2-18-12(17)7-6-11-15-13(16-19-11)9-4-3-5-10(14)8-9;/h3-5,8H,2,6-7H2,1H3;1H. The number of carbonyl (C=O) groups is 1. The SMILES string of the molecule is CCOC(=O)CCc1nc(-c2cccc(Cl)c2)no1.Cl. The van der Waals surface area contributed by atoms with E-state index in [-0.39, 0.29) is 24.8 Å². The van der Waals surface area contributed by atoms with Crippen LogP contribution in [0.5, 0.6) is 0 Å². The number of aromatic nitrogens is 2. The lowest BCUT2D eigenvalue weighted by Gasteiger charge is -1.97. The zero-order valence-corrected chi connectivity index (χ0v) is 12.4. The Hall–Kier alpha value is -1.59. The number of hydrogen-bond donors (Lipinski definition) is 0. The van der Waals surface area contributed by atoms with Crippen LogP contribution in [0.25, 0.3) is 11.4 Å². The molecule has 0 radical (unpaired) electrons. The molecule has 5 nitrogen and oxygen atoms in total. The van der Waals surface area contributed by atoms with Gasteiger partial charge in [-0.1, -0.05) is 28.9 Å². The Morgan fingerprint density at radius 3 is 2.95 bits per heavy atom. The van der Waals surface area contributed by atoms with Gasteiger partial charge < -0.3 is 9.26 Å². The van der Waals surface area contributed by atoms with Crippen molar-refractivity contribution < 1.29 is 14.1 Å². The predicted octanol–water partition coefficient (Wildman–Crippen LogP) is 3.31. The summed E-state index contributed by atoms with van der Waals surface area (Å²) in [6, 6.07) is 7.17. The van der Waals surface area contributed by atoms with Gasteiger partial charge in [0.25, 0.3) is 0 Å². The number of hydrogen-bond acceptors (Lipinski definition) is 5. The van der Waals surface area contributed by atoms with Gasteiger partial charge in [-0.15, -0.1) is 12.4 Å². The van der Waals surface area contributed by atoms with E-state index in [1.54, 1.807) is 19.1 Å². The van der Waals surface area contributed by atoms with E-state index in [4.69, 9.17) is 20.9 Å². The molecule has 0 saturated carbocycles. The maximum absolute atomic E-state index is 11.2. The second kappa shape index (κ2) is 7.87. The average Bonchev–Trinajstić information content (AvgIpc) is 2.85. The van der Waals surface area contributed by atoms with E-state index < -0.39 is 0 Å². The molecule has 0 spiro atoms. The number of aryl methyl sites for hydroxylation is 1. The van der Waals surface area contributed by atoms with E-state index in [9.17, 15) is 4.79 Å². The van der Waals surface area contributed by atoms with Crippen molar-refractivity contribution in [1.82, 2.24) is 10.1 Å². The first-order chi connectivity index (χ1) is 9.19. The first-order valence-corrected chi connectivity index (χ1v) is 6.31. The normalized spacial score (nSPS) is 9.90. The van der Waals surface area contributed by atoms with E-state index in [1.165, 1.54) is 0 Å². The van der Waals surface area contributed by atoms with Crippen molar-refractivity contribution in [2.75, 3.05) is 6.61 Å². The topological polar surface area (TPSA) is 65.2 Å². The van der Waals surface area contributed by atoms with Crippen LogP contribution in [0.4, 0.5) is 0 Å². The van der Waals surface area contributed by atoms with Crippen molar-refractivity contribution in [3.05, 3.63) is 35.2 Å². The molecule has 20 heavy (non-hydrogen) atoms. The van der Waals surface area contributed by atoms with Gasteiger partial charge in [-0.2, -0.15) is 4.98 Å². The summed E-state index contributed by atoms with van der Waals surface area (Å²) < 4.78 is 9.90. The van der Waals surface area contributed by atoms with Crippen LogP contribution in [0, 0.1) is 0 Å². The molecule has 0 unspecified atom stereocenters. The van der Waals surface area contributed by atoms with Gasteiger partial charge in [0.1, 0.15) is 0 Å². The van der Waals surface area contributed by atoms with Gasteiger partial charge in [-0.05, 0) is 19.1 Å². The Kier molecular flexibility index (Phi) is 6.48. The van der Waals surface area contributed by atoms with Crippen molar-refractivity contribution in [2.45, 2.75) is 19.8 Å².